The Kier molecular flexibility index (Phi) is 3.24. The van der Waals surface area contributed by atoms with Crippen LogP contribution in [0.3, 0.4) is 0 Å². The van der Waals surface area contributed by atoms with Crippen molar-refractivity contribution >= 4 is 34.0 Å². The van der Waals surface area contributed by atoms with E-state index in [0.717, 1.165) is 21.9 Å². The van der Waals surface area contributed by atoms with Gasteiger partial charge in [-0.2, -0.15) is 0 Å². The van der Waals surface area contributed by atoms with E-state index in [1.54, 1.807) is 23.6 Å². The first-order valence-electron chi connectivity index (χ1n) is 5.82. The van der Waals surface area contributed by atoms with E-state index in [1.165, 1.54) is 12.1 Å². The highest BCUT2D eigenvalue weighted by molar-refractivity contribution is 7.09. The van der Waals surface area contributed by atoms with Crippen LogP contribution in [0.4, 0.5) is 4.39 Å². The molecule has 0 aliphatic rings. The van der Waals surface area contributed by atoms with Crippen molar-refractivity contribution in [2.24, 2.45) is 0 Å². The third kappa shape index (κ3) is 2.13. The van der Waals surface area contributed by atoms with E-state index in [2.05, 4.69) is 9.97 Å². The first kappa shape index (κ1) is 12.6. The van der Waals surface area contributed by atoms with Crippen molar-refractivity contribution in [2.45, 2.75) is 18.8 Å². The molecule has 0 radical (unpaired) electrons. The van der Waals surface area contributed by atoms with Crippen LogP contribution in [-0.4, -0.2) is 14.5 Å². The fourth-order valence-corrected chi connectivity index (χ4v) is 3.07. The summed E-state index contributed by atoms with van der Waals surface area (Å²) in [7, 11) is 0. The normalized spacial score (nSPS) is 13.0. The van der Waals surface area contributed by atoms with Crippen LogP contribution in [0.1, 0.15) is 23.8 Å². The number of fused-ring (bicyclic) bond motifs is 1. The van der Waals surface area contributed by atoms with Crippen molar-refractivity contribution < 1.29 is 4.39 Å². The van der Waals surface area contributed by atoms with E-state index >= 15 is 0 Å². The highest BCUT2D eigenvalue weighted by Crippen LogP contribution is 2.28. The molecular formula is C13H11ClFN3S. The number of nitrogens with zero attached hydrogens (tertiary/aromatic N) is 3. The molecule has 0 amide bonds. The van der Waals surface area contributed by atoms with Crippen LogP contribution in [0, 0.1) is 5.82 Å². The lowest BCUT2D eigenvalue weighted by Gasteiger charge is -2.14. The predicted octanol–water partition coefficient (Wildman–Crippen LogP) is 3.98. The molecule has 1 atom stereocenters. The van der Waals surface area contributed by atoms with E-state index in [1.807, 2.05) is 16.9 Å². The molecule has 2 heterocycles. The fourth-order valence-electron chi connectivity index (χ4n) is 2.19. The molecule has 0 spiro atoms. The quantitative estimate of drug-likeness (QED) is 0.684. The molecular weight excluding hydrogens is 285 g/mol. The number of rotatable bonds is 3. The van der Waals surface area contributed by atoms with Gasteiger partial charge < -0.3 is 4.57 Å². The molecule has 0 saturated heterocycles. The summed E-state index contributed by atoms with van der Waals surface area (Å²) in [4.78, 5) is 8.75. The van der Waals surface area contributed by atoms with Crippen molar-refractivity contribution in [1.82, 2.24) is 14.5 Å². The van der Waals surface area contributed by atoms with Crippen LogP contribution in [-0.2, 0) is 5.88 Å². The van der Waals surface area contributed by atoms with Crippen LogP contribution in [0.15, 0.2) is 29.8 Å². The fraction of sp³-hybridized carbons (Fsp3) is 0.231. The standard InChI is InChI=1S/C13H11ClFN3S/c1-8(13-16-4-5-19-13)18-11-6-9(15)2-3-10(11)17-12(18)7-14/h2-6,8H,7H2,1H3. The minimum atomic E-state index is -0.277. The molecule has 1 unspecified atom stereocenters. The monoisotopic (exact) mass is 295 g/mol. The summed E-state index contributed by atoms with van der Waals surface area (Å²) in [5, 5.41) is 2.88. The molecule has 0 saturated carbocycles. The summed E-state index contributed by atoms with van der Waals surface area (Å²) in [6, 6.07) is 4.56. The lowest BCUT2D eigenvalue weighted by Crippen LogP contribution is -2.09. The zero-order valence-electron chi connectivity index (χ0n) is 10.2. The zero-order chi connectivity index (χ0) is 13.4. The van der Waals surface area contributed by atoms with Gasteiger partial charge in [0.05, 0.1) is 23.0 Å². The first-order valence-corrected chi connectivity index (χ1v) is 7.24. The molecule has 1 aromatic carbocycles. The number of aromatic nitrogens is 3. The highest BCUT2D eigenvalue weighted by atomic mass is 35.5. The second-order valence-electron chi connectivity index (χ2n) is 4.21. The average Bonchev–Trinajstić information content (AvgIpc) is 3.04. The Balaban J connectivity index is 2.23. The second-order valence-corrected chi connectivity index (χ2v) is 5.40. The van der Waals surface area contributed by atoms with Crippen molar-refractivity contribution in [3.05, 3.63) is 46.4 Å². The molecule has 0 fully saturated rings. The van der Waals surface area contributed by atoms with E-state index in [4.69, 9.17) is 11.6 Å². The highest BCUT2D eigenvalue weighted by Gasteiger charge is 2.18. The lowest BCUT2D eigenvalue weighted by atomic mass is 10.2. The van der Waals surface area contributed by atoms with Gasteiger partial charge in [0.2, 0.25) is 0 Å². The average molecular weight is 296 g/mol. The summed E-state index contributed by atoms with van der Waals surface area (Å²) in [6.07, 6.45) is 1.76. The molecule has 3 nitrogen and oxygen atoms in total. The summed E-state index contributed by atoms with van der Waals surface area (Å²) >= 11 is 7.52. The van der Waals surface area contributed by atoms with Crippen LogP contribution < -0.4 is 0 Å². The molecule has 3 aromatic rings. The van der Waals surface area contributed by atoms with Crippen LogP contribution in [0.25, 0.3) is 11.0 Å². The first-order chi connectivity index (χ1) is 9.20. The molecule has 0 aliphatic carbocycles. The lowest BCUT2D eigenvalue weighted by molar-refractivity contribution is 0.616. The van der Waals surface area contributed by atoms with Gasteiger partial charge >= 0.3 is 0 Å². The van der Waals surface area contributed by atoms with Gasteiger partial charge in [-0.1, -0.05) is 0 Å². The van der Waals surface area contributed by atoms with Gasteiger partial charge in [0.1, 0.15) is 16.6 Å². The van der Waals surface area contributed by atoms with Crippen LogP contribution >= 0.6 is 22.9 Å². The molecule has 2 aromatic heterocycles. The summed E-state index contributed by atoms with van der Waals surface area (Å²) in [5.41, 5.74) is 1.50. The second kappa shape index (κ2) is 4.90. The number of alkyl halides is 1. The van der Waals surface area contributed by atoms with Crippen molar-refractivity contribution in [1.29, 1.82) is 0 Å². The Hall–Kier alpha value is -1.46. The maximum absolute atomic E-state index is 13.4. The van der Waals surface area contributed by atoms with Crippen LogP contribution in [0.5, 0.6) is 0 Å². The Labute approximate surface area is 118 Å². The van der Waals surface area contributed by atoms with Gasteiger partial charge in [-0.3, -0.25) is 0 Å². The summed E-state index contributed by atoms with van der Waals surface area (Å²) in [5.74, 6) is 0.734. The third-order valence-electron chi connectivity index (χ3n) is 3.04. The number of halogens is 2. The molecule has 98 valence electrons. The van der Waals surface area contributed by atoms with Gasteiger partial charge in [0, 0.05) is 11.6 Å². The predicted molar refractivity (Wildman–Crippen MR) is 75.2 cm³/mol. The number of thiazole rings is 1. The molecule has 0 bridgehead atoms. The Morgan fingerprint density at radius 3 is 3.00 bits per heavy atom. The van der Waals surface area contributed by atoms with Gasteiger partial charge in [-0.25, -0.2) is 14.4 Å². The van der Waals surface area contributed by atoms with E-state index in [9.17, 15) is 4.39 Å². The largest absolute Gasteiger partial charge is 0.317 e. The third-order valence-corrected chi connectivity index (χ3v) is 4.23. The number of imidazole rings is 1. The van der Waals surface area contributed by atoms with E-state index in [-0.39, 0.29) is 17.7 Å². The Bertz CT molecular complexity index is 708. The number of hydrogen-bond donors (Lipinski definition) is 0. The Morgan fingerprint density at radius 2 is 2.32 bits per heavy atom. The smallest absolute Gasteiger partial charge is 0.125 e. The zero-order valence-corrected chi connectivity index (χ0v) is 11.7. The maximum Gasteiger partial charge on any atom is 0.125 e. The van der Waals surface area contributed by atoms with Gasteiger partial charge in [0.15, 0.2) is 0 Å². The topological polar surface area (TPSA) is 30.7 Å². The molecule has 3 rings (SSSR count). The number of benzene rings is 1. The minimum absolute atomic E-state index is 0.0134. The maximum atomic E-state index is 13.4. The summed E-state index contributed by atoms with van der Waals surface area (Å²) < 4.78 is 15.4. The van der Waals surface area contributed by atoms with Gasteiger partial charge in [-0.15, -0.1) is 22.9 Å². The van der Waals surface area contributed by atoms with E-state index in [0.29, 0.717) is 0 Å². The van der Waals surface area contributed by atoms with Gasteiger partial charge in [-0.05, 0) is 25.1 Å². The van der Waals surface area contributed by atoms with Crippen LogP contribution in [0.2, 0.25) is 0 Å². The molecule has 0 N–H and O–H groups in total. The van der Waals surface area contributed by atoms with Gasteiger partial charge in [0.25, 0.3) is 0 Å². The van der Waals surface area contributed by atoms with Crippen molar-refractivity contribution in [3.63, 3.8) is 0 Å². The minimum Gasteiger partial charge on any atom is -0.317 e. The number of hydrogen-bond acceptors (Lipinski definition) is 3. The Morgan fingerprint density at radius 1 is 1.47 bits per heavy atom. The van der Waals surface area contributed by atoms with E-state index < -0.39 is 0 Å². The molecule has 6 heteroatoms. The van der Waals surface area contributed by atoms with Crippen molar-refractivity contribution in [2.75, 3.05) is 0 Å². The van der Waals surface area contributed by atoms with Crippen molar-refractivity contribution in [3.8, 4) is 0 Å². The molecule has 0 aliphatic heterocycles. The SMILES string of the molecule is CC(c1nccs1)n1c(CCl)nc2ccc(F)cc21. The molecule has 19 heavy (non-hydrogen) atoms. The summed E-state index contributed by atoms with van der Waals surface area (Å²) in [6.45, 7) is 2.01.